The normalized spacial score (nSPS) is 18.2. The van der Waals surface area contributed by atoms with Crippen molar-refractivity contribution in [3.05, 3.63) is 53.1 Å². The molecule has 2 aromatic rings. The lowest BCUT2D eigenvalue weighted by atomic mass is 9.87. The average Bonchev–Trinajstić information content (AvgIpc) is 2.91. The van der Waals surface area contributed by atoms with Gasteiger partial charge >= 0.3 is 0 Å². The van der Waals surface area contributed by atoms with E-state index in [0.717, 1.165) is 36.3 Å². The fourth-order valence-corrected chi connectivity index (χ4v) is 3.57. The van der Waals surface area contributed by atoms with Crippen LogP contribution in [0.2, 0.25) is 0 Å². The van der Waals surface area contributed by atoms with Gasteiger partial charge in [0.2, 0.25) is 0 Å². The summed E-state index contributed by atoms with van der Waals surface area (Å²) in [5.74, 6) is -0.201. The molecule has 0 saturated carbocycles. The number of carbonyl (C=O) groups is 1. The number of benzene rings is 2. The second-order valence-electron chi connectivity index (χ2n) is 6.23. The molecule has 2 heterocycles. The maximum absolute atomic E-state index is 12.3. The van der Waals surface area contributed by atoms with Crippen LogP contribution in [0.25, 0.3) is 11.1 Å². The predicted octanol–water partition coefficient (Wildman–Crippen LogP) is 2.64. The van der Waals surface area contributed by atoms with Gasteiger partial charge in [-0.3, -0.25) is 4.79 Å². The maximum atomic E-state index is 12.3. The molecule has 0 saturated heterocycles. The van der Waals surface area contributed by atoms with Gasteiger partial charge in [0.1, 0.15) is 7.11 Å². The van der Waals surface area contributed by atoms with Gasteiger partial charge in [0.05, 0.1) is 5.69 Å². The van der Waals surface area contributed by atoms with Gasteiger partial charge < -0.3 is 15.1 Å². The topological polar surface area (TPSA) is 53.9 Å². The van der Waals surface area contributed by atoms with Crippen LogP contribution in [-0.2, 0) is 22.6 Å². The van der Waals surface area contributed by atoms with Gasteiger partial charge in [0, 0.05) is 18.7 Å². The van der Waals surface area contributed by atoms with E-state index in [4.69, 9.17) is 4.84 Å². The van der Waals surface area contributed by atoms with Crippen molar-refractivity contribution in [3.8, 4) is 11.1 Å². The average molecular weight is 321 g/mol. The zero-order valence-corrected chi connectivity index (χ0v) is 13.8. The van der Waals surface area contributed by atoms with E-state index in [9.17, 15) is 4.79 Å². The van der Waals surface area contributed by atoms with Crippen LogP contribution in [0, 0.1) is 0 Å². The van der Waals surface area contributed by atoms with E-state index in [1.54, 1.807) is 0 Å². The molecule has 24 heavy (non-hydrogen) atoms. The number of carbonyl (C=O) groups excluding carboxylic acids is 1. The monoisotopic (exact) mass is 321 g/mol. The Morgan fingerprint density at radius 1 is 1.17 bits per heavy atom. The third-order valence-corrected chi connectivity index (χ3v) is 4.70. The van der Waals surface area contributed by atoms with E-state index >= 15 is 0 Å². The molecule has 122 valence electrons. The van der Waals surface area contributed by atoms with E-state index in [2.05, 4.69) is 40.6 Å². The fraction of sp³-hybridized carbons (Fsp3) is 0.263. The number of rotatable bonds is 2. The quantitative estimate of drug-likeness (QED) is 0.865. The first-order valence-electron chi connectivity index (χ1n) is 8.04. The van der Waals surface area contributed by atoms with Crippen LogP contribution < -0.4 is 5.32 Å². The molecule has 2 aliphatic rings. The van der Waals surface area contributed by atoms with Crippen LogP contribution in [0.5, 0.6) is 0 Å². The molecule has 0 fully saturated rings. The Morgan fingerprint density at radius 3 is 2.71 bits per heavy atom. The largest absolute Gasteiger partial charge is 0.398 e. The number of fused-ring (bicyclic) bond motifs is 3. The number of anilines is 1. The highest BCUT2D eigenvalue weighted by molar-refractivity contribution is 6.54. The van der Waals surface area contributed by atoms with Crippen molar-refractivity contribution >= 4 is 17.3 Å². The second-order valence-corrected chi connectivity index (χ2v) is 6.23. The van der Waals surface area contributed by atoms with Gasteiger partial charge in [-0.05, 0) is 41.8 Å². The smallest absolute Gasteiger partial charge is 0.278 e. The molecular formula is C19H19N3O2. The van der Waals surface area contributed by atoms with Crippen LogP contribution in [0.1, 0.15) is 16.7 Å². The lowest BCUT2D eigenvalue weighted by Crippen LogP contribution is -2.27. The number of hydrogen-bond acceptors (Lipinski definition) is 4. The molecule has 2 aromatic carbocycles. The van der Waals surface area contributed by atoms with Crippen molar-refractivity contribution in [2.45, 2.75) is 13.0 Å². The second kappa shape index (κ2) is 5.76. The minimum Gasteiger partial charge on any atom is -0.398 e. The molecule has 4 rings (SSSR count). The zero-order chi connectivity index (χ0) is 16.7. The molecule has 0 unspecified atom stereocenters. The van der Waals surface area contributed by atoms with E-state index < -0.39 is 0 Å². The Hall–Kier alpha value is -2.66. The summed E-state index contributed by atoms with van der Waals surface area (Å²) < 4.78 is 0. The van der Waals surface area contributed by atoms with Crippen molar-refractivity contribution < 1.29 is 9.63 Å². The third kappa shape index (κ3) is 2.29. The molecule has 1 amide bonds. The number of amides is 1. The van der Waals surface area contributed by atoms with E-state index in [1.165, 1.54) is 23.8 Å². The number of hydrogen-bond donors (Lipinski definition) is 1. The minimum absolute atomic E-state index is 0.201. The van der Waals surface area contributed by atoms with Gasteiger partial charge in [-0.2, -0.15) is 0 Å². The number of nitrogens with zero attached hydrogens (tertiary/aromatic N) is 2. The summed E-state index contributed by atoms with van der Waals surface area (Å²) in [7, 11) is 3.56. The van der Waals surface area contributed by atoms with Crippen LogP contribution >= 0.6 is 0 Å². The summed E-state index contributed by atoms with van der Waals surface area (Å²) in [6, 6.07) is 12.4. The minimum atomic E-state index is -0.201. The highest BCUT2D eigenvalue weighted by Crippen LogP contribution is 2.39. The molecule has 5 heteroatoms. The number of likely N-dealkylation sites (N-methyl/N-ethyl adjacent to an activating group) is 1. The molecule has 0 aromatic heterocycles. The first kappa shape index (κ1) is 14.9. The van der Waals surface area contributed by atoms with Crippen molar-refractivity contribution in [2.24, 2.45) is 5.16 Å². The highest BCUT2D eigenvalue weighted by Gasteiger charge is 2.33. The molecule has 0 aliphatic carbocycles. The molecule has 0 spiro atoms. The van der Waals surface area contributed by atoms with Crippen molar-refractivity contribution in [1.82, 2.24) is 4.90 Å². The van der Waals surface area contributed by atoms with E-state index in [1.807, 2.05) is 18.2 Å². The SMILES string of the molecule is CON=C1C(=O)Nc2c1cc(-c1ccccc1)c1c2CN(C)CC1. The predicted molar refractivity (Wildman–Crippen MR) is 94.1 cm³/mol. The molecule has 0 radical (unpaired) electrons. The standard InChI is InChI=1S/C19H19N3O2/c1-22-9-8-13-14(12-6-4-3-5-7-12)10-15-17(16(13)11-22)20-19(23)18(15)21-24-2/h3-7,10H,8-9,11H2,1-2H3,(H,20,21,23). The summed E-state index contributed by atoms with van der Waals surface area (Å²) in [5, 5.41) is 6.92. The summed E-state index contributed by atoms with van der Waals surface area (Å²) in [5.41, 5.74) is 6.91. The van der Waals surface area contributed by atoms with Crippen LogP contribution in [0.3, 0.4) is 0 Å². The van der Waals surface area contributed by atoms with E-state index in [0.29, 0.717) is 5.71 Å². The van der Waals surface area contributed by atoms with Gasteiger partial charge in [-0.15, -0.1) is 0 Å². The van der Waals surface area contributed by atoms with E-state index in [-0.39, 0.29) is 5.91 Å². The Bertz CT molecular complexity index is 843. The molecule has 0 bridgehead atoms. The van der Waals surface area contributed by atoms with Crippen LogP contribution in [-0.4, -0.2) is 37.2 Å². The highest BCUT2D eigenvalue weighted by atomic mass is 16.6. The Morgan fingerprint density at radius 2 is 1.96 bits per heavy atom. The van der Waals surface area contributed by atoms with Crippen molar-refractivity contribution in [1.29, 1.82) is 0 Å². The van der Waals surface area contributed by atoms with Crippen LogP contribution in [0.4, 0.5) is 5.69 Å². The zero-order valence-electron chi connectivity index (χ0n) is 13.8. The lowest BCUT2D eigenvalue weighted by molar-refractivity contribution is -0.110. The van der Waals surface area contributed by atoms with Gasteiger partial charge in [0.15, 0.2) is 5.71 Å². The van der Waals surface area contributed by atoms with Gasteiger partial charge in [0.25, 0.3) is 5.91 Å². The van der Waals surface area contributed by atoms with Crippen LogP contribution in [0.15, 0.2) is 41.6 Å². The van der Waals surface area contributed by atoms with Gasteiger partial charge in [-0.25, -0.2) is 0 Å². The Kier molecular flexibility index (Phi) is 3.58. The lowest BCUT2D eigenvalue weighted by Gasteiger charge is -2.29. The fourth-order valence-electron chi connectivity index (χ4n) is 3.57. The molecule has 0 atom stereocenters. The molecule has 2 aliphatic heterocycles. The Balaban J connectivity index is 1.98. The summed E-state index contributed by atoms with van der Waals surface area (Å²) in [6.07, 6.45) is 0.968. The number of oxime groups is 1. The van der Waals surface area contributed by atoms with Gasteiger partial charge in [-0.1, -0.05) is 35.5 Å². The first-order chi connectivity index (χ1) is 11.7. The van der Waals surface area contributed by atoms with Crippen molar-refractivity contribution in [2.75, 3.05) is 26.0 Å². The molecule has 5 nitrogen and oxygen atoms in total. The third-order valence-electron chi connectivity index (χ3n) is 4.70. The Labute approximate surface area is 140 Å². The molecular weight excluding hydrogens is 302 g/mol. The number of nitrogens with one attached hydrogen (secondary N) is 1. The maximum Gasteiger partial charge on any atom is 0.278 e. The summed E-state index contributed by atoms with van der Waals surface area (Å²) in [4.78, 5) is 19.5. The summed E-state index contributed by atoms with van der Waals surface area (Å²) >= 11 is 0. The van der Waals surface area contributed by atoms with Crippen molar-refractivity contribution in [3.63, 3.8) is 0 Å². The first-order valence-corrected chi connectivity index (χ1v) is 8.04. The summed E-state index contributed by atoms with van der Waals surface area (Å²) in [6.45, 7) is 1.83. The molecule has 1 N–H and O–H groups in total.